The second-order valence-corrected chi connectivity index (χ2v) is 4.99. The number of anilines is 1. The summed E-state index contributed by atoms with van der Waals surface area (Å²) in [5.41, 5.74) is 3.98. The molecule has 0 aromatic heterocycles. The van der Waals surface area contributed by atoms with Gasteiger partial charge < -0.3 is 5.32 Å². The number of nitriles is 1. The molecule has 1 atom stereocenters. The molecule has 0 saturated heterocycles. The van der Waals surface area contributed by atoms with Crippen LogP contribution in [0.4, 0.5) is 5.69 Å². The van der Waals surface area contributed by atoms with Crippen molar-refractivity contribution in [2.45, 2.75) is 19.9 Å². The molecular formula is C16H15ClN2. The summed E-state index contributed by atoms with van der Waals surface area (Å²) >= 11 is 6.11. The van der Waals surface area contributed by atoms with E-state index < -0.39 is 6.04 Å². The molecule has 2 aromatic rings. The summed E-state index contributed by atoms with van der Waals surface area (Å²) in [5.74, 6) is 0. The number of rotatable bonds is 3. The fourth-order valence-corrected chi connectivity index (χ4v) is 2.07. The first kappa shape index (κ1) is 13.5. The van der Waals surface area contributed by atoms with Gasteiger partial charge in [-0.3, -0.25) is 0 Å². The molecule has 96 valence electrons. The Bertz CT molecular complexity index is 629. The summed E-state index contributed by atoms with van der Waals surface area (Å²) in [5, 5.41) is 13.2. The maximum absolute atomic E-state index is 9.31. The molecule has 0 spiro atoms. The number of hydrogen-bond donors (Lipinski definition) is 1. The van der Waals surface area contributed by atoms with E-state index in [2.05, 4.69) is 11.4 Å². The molecule has 3 heteroatoms. The minimum Gasteiger partial charge on any atom is -0.366 e. The predicted molar refractivity (Wildman–Crippen MR) is 79.3 cm³/mol. The zero-order chi connectivity index (χ0) is 13.8. The topological polar surface area (TPSA) is 35.8 Å². The molecule has 2 rings (SSSR count). The van der Waals surface area contributed by atoms with E-state index in [1.165, 1.54) is 0 Å². The van der Waals surface area contributed by atoms with Gasteiger partial charge in [-0.1, -0.05) is 35.9 Å². The highest BCUT2D eigenvalue weighted by molar-refractivity contribution is 6.31. The highest BCUT2D eigenvalue weighted by Crippen LogP contribution is 2.24. The van der Waals surface area contributed by atoms with Crippen molar-refractivity contribution in [1.29, 1.82) is 5.26 Å². The van der Waals surface area contributed by atoms with Crippen LogP contribution in [0.15, 0.2) is 42.5 Å². The first-order valence-corrected chi connectivity index (χ1v) is 6.47. The lowest BCUT2D eigenvalue weighted by molar-refractivity contribution is 0.995. The monoisotopic (exact) mass is 270 g/mol. The Labute approximate surface area is 118 Å². The molecule has 0 radical (unpaired) electrons. The predicted octanol–water partition coefficient (Wildman–Crippen LogP) is 4.63. The van der Waals surface area contributed by atoms with Crippen molar-refractivity contribution in [3.05, 3.63) is 64.2 Å². The van der Waals surface area contributed by atoms with E-state index in [1.807, 2.05) is 56.3 Å². The van der Waals surface area contributed by atoms with Crippen molar-refractivity contribution in [2.75, 3.05) is 5.32 Å². The Hall–Kier alpha value is -1.98. The van der Waals surface area contributed by atoms with Gasteiger partial charge in [-0.15, -0.1) is 0 Å². The molecule has 0 bridgehead atoms. The van der Waals surface area contributed by atoms with Crippen molar-refractivity contribution >= 4 is 17.3 Å². The molecule has 1 N–H and O–H groups in total. The van der Waals surface area contributed by atoms with Crippen LogP contribution in [0, 0.1) is 25.2 Å². The smallest absolute Gasteiger partial charge is 0.140 e. The normalized spacial score (nSPS) is 11.7. The Balaban J connectivity index is 2.25. The maximum Gasteiger partial charge on any atom is 0.140 e. The van der Waals surface area contributed by atoms with Gasteiger partial charge in [0.1, 0.15) is 6.04 Å². The van der Waals surface area contributed by atoms with E-state index >= 15 is 0 Å². The average molecular weight is 271 g/mol. The number of halogens is 1. The summed E-state index contributed by atoms with van der Waals surface area (Å²) in [6.45, 7) is 3.97. The van der Waals surface area contributed by atoms with E-state index in [1.54, 1.807) is 0 Å². The van der Waals surface area contributed by atoms with Crippen LogP contribution in [0.3, 0.4) is 0 Å². The number of aryl methyl sites for hydroxylation is 2. The molecule has 0 aliphatic heterocycles. The minimum atomic E-state index is -0.403. The Morgan fingerprint density at radius 3 is 2.58 bits per heavy atom. The van der Waals surface area contributed by atoms with Gasteiger partial charge in [-0.25, -0.2) is 0 Å². The molecule has 1 unspecified atom stereocenters. The number of nitrogens with one attached hydrogen (secondary N) is 1. The highest BCUT2D eigenvalue weighted by atomic mass is 35.5. The summed E-state index contributed by atoms with van der Waals surface area (Å²) in [7, 11) is 0. The van der Waals surface area contributed by atoms with Gasteiger partial charge in [0.05, 0.1) is 6.07 Å². The molecule has 0 heterocycles. The average Bonchev–Trinajstić information content (AvgIpc) is 2.39. The summed E-state index contributed by atoms with van der Waals surface area (Å²) < 4.78 is 0. The molecule has 19 heavy (non-hydrogen) atoms. The Morgan fingerprint density at radius 2 is 1.95 bits per heavy atom. The SMILES string of the molecule is Cc1cccc(NC(C#N)c2ccc(C)c(Cl)c2)c1. The zero-order valence-electron chi connectivity index (χ0n) is 10.9. The molecular weight excluding hydrogens is 256 g/mol. The van der Waals surface area contributed by atoms with E-state index in [0.29, 0.717) is 5.02 Å². The quantitative estimate of drug-likeness (QED) is 0.882. The van der Waals surface area contributed by atoms with Crippen LogP contribution < -0.4 is 5.32 Å². The summed E-state index contributed by atoms with van der Waals surface area (Å²) in [6, 6.07) is 15.5. The van der Waals surface area contributed by atoms with Crippen LogP contribution in [0.25, 0.3) is 0 Å². The van der Waals surface area contributed by atoms with Gasteiger partial charge in [0.25, 0.3) is 0 Å². The fraction of sp³-hybridized carbons (Fsp3) is 0.188. The van der Waals surface area contributed by atoms with E-state index in [9.17, 15) is 5.26 Å². The Kier molecular flexibility index (Phi) is 4.09. The zero-order valence-corrected chi connectivity index (χ0v) is 11.7. The highest BCUT2D eigenvalue weighted by Gasteiger charge is 2.11. The molecule has 2 nitrogen and oxygen atoms in total. The van der Waals surface area contributed by atoms with Gasteiger partial charge >= 0.3 is 0 Å². The van der Waals surface area contributed by atoms with Gasteiger partial charge in [0.2, 0.25) is 0 Å². The fourth-order valence-electron chi connectivity index (χ4n) is 1.88. The van der Waals surface area contributed by atoms with Crippen LogP contribution in [0.2, 0.25) is 5.02 Å². The first-order chi connectivity index (χ1) is 9.10. The number of nitrogens with zero attached hydrogens (tertiary/aromatic N) is 1. The lowest BCUT2D eigenvalue weighted by Gasteiger charge is -2.14. The molecule has 0 amide bonds. The number of benzene rings is 2. The van der Waals surface area contributed by atoms with Crippen LogP contribution in [0.5, 0.6) is 0 Å². The third kappa shape index (κ3) is 3.27. The Morgan fingerprint density at radius 1 is 1.16 bits per heavy atom. The first-order valence-electron chi connectivity index (χ1n) is 6.09. The van der Waals surface area contributed by atoms with Gasteiger partial charge in [0, 0.05) is 10.7 Å². The number of hydrogen-bond acceptors (Lipinski definition) is 2. The second kappa shape index (κ2) is 5.77. The molecule has 0 saturated carbocycles. The molecule has 0 fully saturated rings. The molecule has 0 aliphatic carbocycles. The standard InChI is InChI=1S/C16H15ClN2/c1-11-4-3-5-14(8-11)19-16(10-18)13-7-6-12(2)15(17)9-13/h3-9,16,19H,1-2H3. The van der Waals surface area contributed by atoms with Crippen molar-refractivity contribution in [3.8, 4) is 6.07 Å². The minimum absolute atomic E-state index is 0.403. The largest absolute Gasteiger partial charge is 0.366 e. The van der Waals surface area contributed by atoms with Crippen LogP contribution >= 0.6 is 11.6 Å². The van der Waals surface area contributed by atoms with Gasteiger partial charge in [-0.2, -0.15) is 5.26 Å². The third-order valence-electron chi connectivity index (χ3n) is 2.99. The summed E-state index contributed by atoms with van der Waals surface area (Å²) in [4.78, 5) is 0. The molecule has 2 aromatic carbocycles. The maximum atomic E-state index is 9.31. The van der Waals surface area contributed by atoms with Crippen molar-refractivity contribution < 1.29 is 0 Å². The lowest BCUT2D eigenvalue weighted by Crippen LogP contribution is -2.08. The third-order valence-corrected chi connectivity index (χ3v) is 3.39. The second-order valence-electron chi connectivity index (χ2n) is 4.58. The van der Waals surface area contributed by atoms with Gasteiger partial charge in [-0.05, 0) is 48.7 Å². The molecule has 0 aliphatic rings. The van der Waals surface area contributed by atoms with E-state index in [4.69, 9.17) is 11.6 Å². The van der Waals surface area contributed by atoms with Crippen molar-refractivity contribution in [2.24, 2.45) is 0 Å². The summed E-state index contributed by atoms with van der Waals surface area (Å²) in [6.07, 6.45) is 0. The van der Waals surface area contributed by atoms with Crippen LogP contribution in [-0.2, 0) is 0 Å². The lowest BCUT2D eigenvalue weighted by atomic mass is 10.1. The van der Waals surface area contributed by atoms with Crippen molar-refractivity contribution in [1.82, 2.24) is 0 Å². The van der Waals surface area contributed by atoms with Crippen molar-refractivity contribution in [3.63, 3.8) is 0 Å². The van der Waals surface area contributed by atoms with Gasteiger partial charge in [0.15, 0.2) is 0 Å². The van der Waals surface area contributed by atoms with Crippen LogP contribution in [0.1, 0.15) is 22.7 Å². The van der Waals surface area contributed by atoms with E-state index in [-0.39, 0.29) is 0 Å². The van der Waals surface area contributed by atoms with E-state index in [0.717, 1.165) is 22.4 Å². The van der Waals surface area contributed by atoms with Crippen LogP contribution in [-0.4, -0.2) is 0 Å².